The molecule has 0 saturated heterocycles. The van der Waals surface area contributed by atoms with Crippen LogP contribution >= 0.6 is 23.2 Å². The number of fused-ring (bicyclic) bond motifs is 1. The lowest BCUT2D eigenvalue weighted by atomic mass is 10.0. The molecule has 0 unspecified atom stereocenters. The maximum Gasteiger partial charge on any atom is 0.341 e. The summed E-state index contributed by atoms with van der Waals surface area (Å²) in [5.41, 5.74) is 7.96. The lowest BCUT2D eigenvalue weighted by molar-refractivity contribution is -0.116. The van der Waals surface area contributed by atoms with E-state index in [0.717, 1.165) is 11.3 Å². The molecule has 0 saturated carbocycles. The fourth-order valence-electron chi connectivity index (χ4n) is 3.15. The van der Waals surface area contributed by atoms with Gasteiger partial charge in [-0.2, -0.15) is 0 Å². The van der Waals surface area contributed by atoms with Crippen molar-refractivity contribution >= 4 is 52.2 Å². The van der Waals surface area contributed by atoms with Crippen LogP contribution in [0, 0.1) is 0 Å². The molecule has 8 heteroatoms. The van der Waals surface area contributed by atoms with Crippen molar-refractivity contribution < 1.29 is 19.1 Å². The number of amides is 1. The van der Waals surface area contributed by atoms with Gasteiger partial charge >= 0.3 is 5.97 Å². The van der Waals surface area contributed by atoms with Crippen molar-refractivity contribution in [1.82, 2.24) is 0 Å². The number of ether oxygens (including phenoxy) is 1. The van der Waals surface area contributed by atoms with E-state index in [2.05, 4.69) is 0 Å². The van der Waals surface area contributed by atoms with E-state index in [1.807, 2.05) is 0 Å². The third kappa shape index (κ3) is 3.84. The normalized spacial score (nSPS) is 13.8. The minimum absolute atomic E-state index is 0.00297. The van der Waals surface area contributed by atoms with Crippen molar-refractivity contribution in [3.8, 4) is 0 Å². The van der Waals surface area contributed by atoms with Gasteiger partial charge in [0.05, 0.1) is 16.3 Å². The number of carbonyl (C=O) groups excluding carboxylic acids is 3. The number of nitrogen functional groups attached to an aromatic ring is 1. The zero-order chi connectivity index (χ0) is 20.6. The van der Waals surface area contributed by atoms with Crippen molar-refractivity contribution in [2.75, 3.05) is 17.2 Å². The number of esters is 1. The number of benzene rings is 2. The molecule has 146 valence electrons. The number of nitrogens with two attached hydrogens (primary N) is 1. The van der Waals surface area contributed by atoms with Crippen molar-refractivity contribution in [2.24, 2.45) is 0 Å². The Morgan fingerprint density at radius 1 is 1.18 bits per heavy atom. The van der Waals surface area contributed by atoms with Gasteiger partial charge in [-0.05, 0) is 49.2 Å². The van der Waals surface area contributed by atoms with Gasteiger partial charge in [-0.1, -0.05) is 23.2 Å². The molecule has 0 fully saturated rings. The molecule has 1 amide bonds. The highest BCUT2D eigenvalue weighted by atomic mass is 35.5. The first-order valence-electron chi connectivity index (χ1n) is 8.59. The van der Waals surface area contributed by atoms with Crippen LogP contribution in [0.25, 0.3) is 0 Å². The Balaban J connectivity index is 1.77. The number of ketones is 1. The fourth-order valence-corrected chi connectivity index (χ4v) is 3.64. The molecule has 1 aliphatic heterocycles. The van der Waals surface area contributed by atoms with Crippen LogP contribution < -0.4 is 10.6 Å². The average molecular weight is 421 g/mol. The Bertz CT molecular complexity index is 990. The number of hydrogen-bond acceptors (Lipinski definition) is 5. The van der Waals surface area contributed by atoms with E-state index in [0.29, 0.717) is 18.5 Å². The van der Waals surface area contributed by atoms with E-state index in [9.17, 15) is 14.4 Å². The third-order valence-electron chi connectivity index (χ3n) is 4.61. The molecule has 28 heavy (non-hydrogen) atoms. The molecule has 0 aromatic heterocycles. The Morgan fingerprint density at radius 2 is 1.89 bits per heavy atom. The van der Waals surface area contributed by atoms with E-state index < -0.39 is 12.1 Å². The minimum atomic E-state index is -1.03. The largest absolute Gasteiger partial charge is 0.451 e. The predicted molar refractivity (Wildman–Crippen MR) is 108 cm³/mol. The molecule has 2 N–H and O–H groups in total. The standard InChI is InChI=1S/C20H18Cl2N2O4/c1-10(28-20(27)15-8-14(21)9-16(22)18(15)23)19(26)13-3-4-17-12(7-13)5-6-24(17)11(2)25/h3-4,7-10H,5-6,23H2,1-2H3/t10-/m0/s1. The minimum Gasteiger partial charge on any atom is -0.451 e. The summed E-state index contributed by atoms with van der Waals surface area (Å²) in [6, 6.07) is 7.85. The maximum absolute atomic E-state index is 12.7. The summed E-state index contributed by atoms with van der Waals surface area (Å²) in [4.78, 5) is 38.4. The van der Waals surface area contributed by atoms with Crippen LogP contribution in [-0.4, -0.2) is 30.3 Å². The topological polar surface area (TPSA) is 89.7 Å². The number of Topliss-reactive ketones (excluding diaryl/α,β-unsaturated/α-hetero) is 1. The lowest BCUT2D eigenvalue weighted by Gasteiger charge is -2.16. The van der Waals surface area contributed by atoms with Crippen molar-refractivity contribution in [3.63, 3.8) is 0 Å². The number of halogens is 2. The summed E-state index contributed by atoms with van der Waals surface area (Å²) >= 11 is 11.8. The first-order chi connectivity index (χ1) is 13.2. The number of hydrogen-bond donors (Lipinski definition) is 1. The second-order valence-electron chi connectivity index (χ2n) is 6.52. The molecule has 3 rings (SSSR count). The molecule has 1 heterocycles. The first kappa shape index (κ1) is 20.2. The Hall–Kier alpha value is -2.57. The van der Waals surface area contributed by atoms with E-state index in [-0.39, 0.29) is 33.0 Å². The number of anilines is 2. The zero-order valence-electron chi connectivity index (χ0n) is 15.3. The molecular formula is C20H18Cl2N2O4. The Morgan fingerprint density at radius 3 is 2.57 bits per heavy atom. The Kier molecular flexibility index (Phi) is 5.63. The molecule has 0 radical (unpaired) electrons. The third-order valence-corrected chi connectivity index (χ3v) is 5.14. The summed E-state index contributed by atoms with van der Waals surface area (Å²) in [5, 5.41) is 0.367. The molecule has 1 atom stereocenters. The molecule has 2 aromatic rings. The van der Waals surface area contributed by atoms with Crippen LogP contribution in [0.3, 0.4) is 0 Å². The molecule has 2 aromatic carbocycles. The van der Waals surface area contributed by atoms with Crippen LogP contribution in [0.1, 0.15) is 40.1 Å². The van der Waals surface area contributed by atoms with Gasteiger partial charge in [-0.3, -0.25) is 9.59 Å². The van der Waals surface area contributed by atoms with E-state index in [1.54, 1.807) is 23.1 Å². The van der Waals surface area contributed by atoms with Gasteiger partial charge in [-0.25, -0.2) is 4.79 Å². The van der Waals surface area contributed by atoms with E-state index >= 15 is 0 Å². The fraction of sp³-hybridized carbons (Fsp3) is 0.250. The van der Waals surface area contributed by atoms with E-state index in [4.69, 9.17) is 33.7 Å². The van der Waals surface area contributed by atoms with Crippen molar-refractivity contribution in [3.05, 3.63) is 57.1 Å². The average Bonchev–Trinajstić information content (AvgIpc) is 3.07. The summed E-state index contributed by atoms with van der Waals surface area (Å²) in [5.74, 6) is -1.19. The van der Waals surface area contributed by atoms with Gasteiger partial charge in [0.25, 0.3) is 0 Å². The predicted octanol–water partition coefficient (Wildman–Crippen LogP) is 3.91. The summed E-state index contributed by atoms with van der Waals surface area (Å²) in [6.07, 6.45) is -0.366. The van der Waals surface area contributed by atoms with Gasteiger partial charge in [0.2, 0.25) is 11.7 Å². The van der Waals surface area contributed by atoms with Gasteiger partial charge < -0.3 is 15.4 Å². The van der Waals surface area contributed by atoms with Gasteiger partial charge in [-0.15, -0.1) is 0 Å². The highest BCUT2D eigenvalue weighted by molar-refractivity contribution is 6.37. The van der Waals surface area contributed by atoms with Crippen molar-refractivity contribution in [1.29, 1.82) is 0 Å². The molecule has 0 aliphatic carbocycles. The highest BCUT2D eigenvalue weighted by Gasteiger charge is 2.26. The van der Waals surface area contributed by atoms with Crippen LogP contribution in [0.5, 0.6) is 0 Å². The maximum atomic E-state index is 12.7. The van der Waals surface area contributed by atoms with Gasteiger partial charge in [0.15, 0.2) is 6.10 Å². The second-order valence-corrected chi connectivity index (χ2v) is 7.37. The summed E-state index contributed by atoms with van der Waals surface area (Å²) in [7, 11) is 0. The summed E-state index contributed by atoms with van der Waals surface area (Å²) < 4.78 is 5.27. The molecule has 0 spiro atoms. The number of rotatable bonds is 4. The first-order valence-corrected chi connectivity index (χ1v) is 9.35. The highest BCUT2D eigenvalue weighted by Crippen LogP contribution is 2.30. The lowest BCUT2D eigenvalue weighted by Crippen LogP contribution is -2.26. The monoisotopic (exact) mass is 420 g/mol. The molecular weight excluding hydrogens is 403 g/mol. The van der Waals surface area contributed by atoms with Gasteiger partial charge in [0.1, 0.15) is 0 Å². The molecule has 1 aliphatic rings. The van der Waals surface area contributed by atoms with Crippen LogP contribution in [0.15, 0.2) is 30.3 Å². The zero-order valence-corrected chi connectivity index (χ0v) is 16.8. The van der Waals surface area contributed by atoms with Crippen molar-refractivity contribution in [2.45, 2.75) is 26.4 Å². The van der Waals surface area contributed by atoms with Crippen LogP contribution in [0.2, 0.25) is 10.0 Å². The smallest absolute Gasteiger partial charge is 0.341 e. The summed E-state index contributed by atoms with van der Waals surface area (Å²) in [6.45, 7) is 3.57. The van der Waals surface area contributed by atoms with Crippen LogP contribution in [-0.2, 0) is 16.0 Å². The molecule has 6 nitrogen and oxygen atoms in total. The van der Waals surface area contributed by atoms with Crippen LogP contribution in [0.4, 0.5) is 11.4 Å². The Labute approximate surface area is 172 Å². The number of nitrogens with zero attached hydrogens (tertiary/aromatic N) is 1. The quantitative estimate of drug-likeness (QED) is 0.459. The second kappa shape index (κ2) is 7.81. The molecule has 0 bridgehead atoms. The number of carbonyl (C=O) groups is 3. The van der Waals surface area contributed by atoms with E-state index in [1.165, 1.54) is 26.0 Å². The SMILES string of the molecule is CC(=O)N1CCc2cc(C(=O)[C@H](C)OC(=O)c3cc(Cl)cc(Cl)c3N)ccc21. The van der Waals surface area contributed by atoms with Gasteiger partial charge in [0, 0.05) is 29.7 Å².